The number of carboxylic acids is 1. The molecule has 0 radical (unpaired) electrons. The number of rotatable bonds is 13. The molecule has 0 spiro atoms. The molecular weight excluding hydrogens is 470 g/mol. The van der Waals surface area contributed by atoms with E-state index in [0.717, 1.165) is 36.2 Å². The standard InChI is InChI=1S/C30H39NO6/c1-20(2)30(35)37-27-13-12-23(19-36-29(34)15-14-28(32)33)18-26(27)25(24-10-8-7-9-11-24)16-17-31(21(3)4)22(5)6/h7-15,18,20-22,25H,16-17,19H2,1-6H3,(H,32,33)/b15-14+/t25-/m1/s1. The molecule has 2 rings (SSSR count). The molecule has 0 amide bonds. The fraction of sp³-hybridized carbons (Fsp3) is 0.433. The Morgan fingerprint density at radius 2 is 1.57 bits per heavy atom. The van der Waals surface area contributed by atoms with E-state index in [4.69, 9.17) is 14.6 Å². The van der Waals surface area contributed by atoms with E-state index in [1.807, 2.05) is 24.3 Å². The van der Waals surface area contributed by atoms with E-state index in [-0.39, 0.29) is 24.4 Å². The average Bonchev–Trinajstić information content (AvgIpc) is 2.84. The first-order valence-electron chi connectivity index (χ1n) is 12.7. The number of nitrogens with zero attached hydrogens (tertiary/aromatic N) is 1. The first-order chi connectivity index (χ1) is 17.5. The van der Waals surface area contributed by atoms with Gasteiger partial charge in [-0.15, -0.1) is 0 Å². The van der Waals surface area contributed by atoms with Crippen LogP contribution in [0.25, 0.3) is 0 Å². The number of aliphatic carboxylic acids is 1. The maximum Gasteiger partial charge on any atom is 0.331 e. The molecule has 0 aliphatic heterocycles. The lowest BCUT2D eigenvalue weighted by Crippen LogP contribution is -2.38. The molecule has 0 saturated carbocycles. The number of ether oxygens (including phenoxy) is 2. The summed E-state index contributed by atoms with van der Waals surface area (Å²) >= 11 is 0. The molecular formula is C30H39NO6. The fourth-order valence-corrected chi connectivity index (χ4v) is 4.20. The van der Waals surface area contributed by atoms with Crippen molar-refractivity contribution in [3.8, 4) is 5.75 Å². The van der Waals surface area contributed by atoms with Crippen LogP contribution in [0.5, 0.6) is 5.75 Å². The Morgan fingerprint density at radius 3 is 2.14 bits per heavy atom. The van der Waals surface area contributed by atoms with Crippen LogP contribution in [0.4, 0.5) is 0 Å². The lowest BCUT2D eigenvalue weighted by molar-refractivity contribution is -0.140. The van der Waals surface area contributed by atoms with E-state index < -0.39 is 11.9 Å². The zero-order chi connectivity index (χ0) is 27.5. The second-order valence-corrected chi connectivity index (χ2v) is 9.90. The summed E-state index contributed by atoms with van der Waals surface area (Å²) in [6.45, 7) is 13.1. The molecule has 2 aromatic carbocycles. The van der Waals surface area contributed by atoms with Crippen LogP contribution in [0.15, 0.2) is 60.7 Å². The number of hydrogen-bond acceptors (Lipinski definition) is 6. The van der Waals surface area contributed by atoms with Crippen molar-refractivity contribution >= 4 is 17.9 Å². The highest BCUT2D eigenvalue weighted by molar-refractivity contribution is 5.90. The largest absolute Gasteiger partial charge is 0.478 e. The molecule has 7 nitrogen and oxygen atoms in total. The Labute approximate surface area is 220 Å². The summed E-state index contributed by atoms with van der Waals surface area (Å²) in [5.41, 5.74) is 2.64. The van der Waals surface area contributed by atoms with Gasteiger partial charge in [-0.3, -0.25) is 9.69 Å². The van der Waals surface area contributed by atoms with Crippen molar-refractivity contribution in [2.75, 3.05) is 6.54 Å². The van der Waals surface area contributed by atoms with Gasteiger partial charge >= 0.3 is 17.9 Å². The highest BCUT2D eigenvalue weighted by Crippen LogP contribution is 2.36. The molecule has 0 bridgehead atoms. The Morgan fingerprint density at radius 1 is 0.919 bits per heavy atom. The van der Waals surface area contributed by atoms with Crippen LogP contribution in [0.2, 0.25) is 0 Å². The third kappa shape index (κ3) is 9.50. The van der Waals surface area contributed by atoms with Gasteiger partial charge in [0.25, 0.3) is 0 Å². The summed E-state index contributed by atoms with van der Waals surface area (Å²) in [6.07, 6.45) is 2.40. The second kappa shape index (κ2) is 14.3. The van der Waals surface area contributed by atoms with E-state index in [9.17, 15) is 14.4 Å². The van der Waals surface area contributed by atoms with Gasteiger partial charge in [-0.25, -0.2) is 9.59 Å². The zero-order valence-corrected chi connectivity index (χ0v) is 22.6. The van der Waals surface area contributed by atoms with Gasteiger partial charge in [-0.1, -0.05) is 50.2 Å². The van der Waals surface area contributed by atoms with Crippen molar-refractivity contribution in [1.82, 2.24) is 4.90 Å². The Kier molecular flexibility index (Phi) is 11.5. The summed E-state index contributed by atoms with van der Waals surface area (Å²) in [5.74, 6) is -2.17. The van der Waals surface area contributed by atoms with Gasteiger partial charge < -0.3 is 14.6 Å². The smallest absolute Gasteiger partial charge is 0.331 e. The predicted octanol–water partition coefficient (Wildman–Crippen LogP) is 5.57. The van der Waals surface area contributed by atoms with Crippen LogP contribution >= 0.6 is 0 Å². The zero-order valence-electron chi connectivity index (χ0n) is 22.6. The number of carbonyl (C=O) groups is 3. The maximum atomic E-state index is 12.5. The van der Waals surface area contributed by atoms with Crippen LogP contribution in [-0.4, -0.2) is 46.5 Å². The van der Waals surface area contributed by atoms with Crippen LogP contribution in [0.3, 0.4) is 0 Å². The molecule has 0 aliphatic carbocycles. The predicted molar refractivity (Wildman–Crippen MR) is 143 cm³/mol. The van der Waals surface area contributed by atoms with Crippen LogP contribution in [-0.2, 0) is 25.7 Å². The van der Waals surface area contributed by atoms with E-state index in [1.54, 1.807) is 26.0 Å². The SMILES string of the molecule is CC(C)C(=O)Oc1ccc(COC(=O)/C=C/C(=O)O)cc1[C@H](CCN(C(C)C)C(C)C)c1ccccc1. The Hall–Kier alpha value is -3.45. The Bertz CT molecular complexity index is 1070. The molecule has 0 unspecified atom stereocenters. The number of carboxylic acid groups (broad SMARTS) is 1. The number of carbonyl (C=O) groups excluding carboxylic acids is 2. The molecule has 0 fully saturated rings. The monoisotopic (exact) mass is 509 g/mol. The van der Waals surface area contributed by atoms with Crippen LogP contribution in [0.1, 0.15) is 70.6 Å². The molecule has 200 valence electrons. The first-order valence-corrected chi connectivity index (χ1v) is 12.7. The quantitative estimate of drug-likeness (QED) is 0.214. The summed E-state index contributed by atoms with van der Waals surface area (Å²) < 4.78 is 11.1. The summed E-state index contributed by atoms with van der Waals surface area (Å²) in [7, 11) is 0. The summed E-state index contributed by atoms with van der Waals surface area (Å²) in [6, 6.07) is 16.2. The van der Waals surface area contributed by atoms with Gasteiger partial charge in [0.15, 0.2) is 0 Å². The molecule has 37 heavy (non-hydrogen) atoms. The minimum absolute atomic E-state index is 0.0418. The maximum absolute atomic E-state index is 12.5. The van der Waals surface area contributed by atoms with Gasteiger partial charge in [-0.05, 0) is 63.9 Å². The minimum atomic E-state index is -1.22. The number of hydrogen-bond donors (Lipinski definition) is 1. The molecule has 1 atom stereocenters. The van der Waals surface area contributed by atoms with Gasteiger partial charge in [0, 0.05) is 35.7 Å². The fourth-order valence-electron chi connectivity index (χ4n) is 4.20. The van der Waals surface area contributed by atoms with Crippen LogP contribution in [0, 0.1) is 5.92 Å². The molecule has 1 N–H and O–H groups in total. The topological polar surface area (TPSA) is 93.1 Å². The highest BCUT2D eigenvalue weighted by atomic mass is 16.5. The van der Waals surface area contributed by atoms with Gasteiger partial charge in [0.1, 0.15) is 12.4 Å². The Balaban J connectivity index is 2.47. The van der Waals surface area contributed by atoms with Crippen molar-refractivity contribution in [3.05, 3.63) is 77.4 Å². The lowest BCUT2D eigenvalue weighted by atomic mass is 9.86. The van der Waals surface area contributed by atoms with E-state index in [0.29, 0.717) is 23.4 Å². The molecule has 0 aliphatic rings. The molecule has 7 heteroatoms. The van der Waals surface area contributed by atoms with Crippen molar-refractivity contribution in [3.63, 3.8) is 0 Å². The van der Waals surface area contributed by atoms with Crippen molar-refractivity contribution in [1.29, 1.82) is 0 Å². The molecule has 0 aromatic heterocycles. The normalized spacial score (nSPS) is 12.5. The number of esters is 2. The van der Waals surface area contributed by atoms with E-state index in [1.165, 1.54) is 0 Å². The van der Waals surface area contributed by atoms with Gasteiger partial charge in [0.2, 0.25) is 0 Å². The third-order valence-corrected chi connectivity index (χ3v) is 6.08. The van der Waals surface area contributed by atoms with Gasteiger partial charge in [0.05, 0.1) is 5.92 Å². The first kappa shape index (κ1) is 29.8. The van der Waals surface area contributed by atoms with Crippen molar-refractivity contribution in [2.45, 2.75) is 72.6 Å². The molecule has 0 saturated heterocycles. The summed E-state index contributed by atoms with van der Waals surface area (Å²) in [5, 5.41) is 8.71. The minimum Gasteiger partial charge on any atom is -0.478 e. The summed E-state index contributed by atoms with van der Waals surface area (Å²) in [4.78, 5) is 37.5. The molecule has 0 heterocycles. The lowest BCUT2D eigenvalue weighted by Gasteiger charge is -2.32. The van der Waals surface area contributed by atoms with E-state index in [2.05, 4.69) is 44.7 Å². The van der Waals surface area contributed by atoms with Gasteiger partial charge in [-0.2, -0.15) is 0 Å². The average molecular weight is 510 g/mol. The van der Waals surface area contributed by atoms with Crippen molar-refractivity contribution in [2.24, 2.45) is 5.92 Å². The molecule has 2 aromatic rings. The second-order valence-electron chi connectivity index (χ2n) is 9.90. The highest BCUT2D eigenvalue weighted by Gasteiger charge is 2.24. The van der Waals surface area contributed by atoms with E-state index >= 15 is 0 Å². The third-order valence-electron chi connectivity index (χ3n) is 6.08. The van der Waals surface area contributed by atoms with Crippen molar-refractivity contribution < 1.29 is 29.0 Å². The number of benzene rings is 2. The van der Waals surface area contributed by atoms with Crippen LogP contribution < -0.4 is 4.74 Å².